The van der Waals surface area contributed by atoms with Gasteiger partial charge in [0, 0.05) is 5.69 Å². The molecule has 152 valence electrons. The quantitative estimate of drug-likeness (QED) is 0.683. The summed E-state index contributed by atoms with van der Waals surface area (Å²) in [6.45, 7) is 1.67. The highest BCUT2D eigenvalue weighted by molar-refractivity contribution is 7.92. The van der Waals surface area contributed by atoms with Gasteiger partial charge in [-0.2, -0.15) is 0 Å². The minimum absolute atomic E-state index is 0.159. The number of hydrogen-bond donors (Lipinski definition) is 1. The standard InChI is InChI=1S/C18H19Cl2FN2O4S/c1-4-16(18(24)22-11-5-7-15(21)13(19)9-11)23(28(3,25)26)12-6-8-17(27-2)14(20)10-12/h5-10,16H,4H2,1-3H3,(H,22,24). The lowest BCUT2D eigenvalue weighted by atomic mass is 10.1. The first-order valence-corrected chi connectivity index (χ1v) is 10.8. The third-order valence-electron chi connectivity index (χ3n) is 3.91. The molecule has 0 aliphatic rings. The number of sulfonamides is 1. The van der Waals surface area contributed by atoms with Crippen LogP contribution >= 0.6 is 23.2 Å². The average molecular weight is 449 g/mol. The molecule has 0 heterocycles. The van der Waals surface area contributed by atoms with Crippen molar-refractivity contribution in [2.45, 2.75) is 19.4 Å². The average Bonchev–Trinajstić information content (AvgIpc) is 2.61. The van der Waals surface area contributed by atoms with Crippen molar-refractivity contribution in [2.24, 2.45) is 0 Å². The van der Waals surface area contributed by atoms with Crippen molar-refractivity contribution in [1.29, 1.82) is 0 Å². The van der Waals surface area contributed by atoms with Crippen LogP contribution in [0.3, 0.4) is 0 Å². The highest BCUT2D eigenvalue weighted by Gasteiger charge is 2.32. The Kier molecular flexibility index (Phi) is 7.14. The molecule has 1 unspecified atom stereocenters. The fraction of sp³-hybridized carbons (Fsp3) is 0.278. The molecule has 0 spiro atoms. The van der Waals surface area contributed by atoms with Crippen molar-refractivity contribution < 1.29 is 22.3 Å². The van der Waals surface area contributed by atoms with Gasteiger partial charge in [-0.3, -0.25) is 9.10 Å². The molecular weight excluding hydrogens is 430 g/mol. The minimum Gasteiger partial charge on any atom is -0.495 e. The maximum Gasteiger partial charge on any atom is 0.248 e. The first-order chi connectivity index (χ1) is 13.1. The lowest BCUT2D eigenvalue weighted by Crippen LogP contribution is -2.47. The van der Waals surface area contributed by atoms with Gasteiger partial charge in [0.05, 0.1) is 29.1 Å². The molecule has 10 heteroatoms. The largest absolute Gasteiger partial charge is 0.495 e. The van der Waals surface area contributed by atoms with Gasteiger partial charge < -0.3 is 10.1 Å². The molecule has 0 saturated carbocycles. The smallest absolute Gasteiger partial charge is 0.248 e. The summed E-state index contributed by atoms with van der Waals surface area (Å²) in [7, 11) is -2.39. The Labute approximate surface area is 173 Å². The minimum atomic E-state index is -3.83. The first kappa shape index (κ1) is 22.3. The van der Waals surface area contributed by atoms with E-state index in [2.05, 4.69) is 5.32 Å². The number of halogens is 3. The summed E-state index contributed by atoms with van der Waals surface area (Å²) in [6.07, 6.45) is 1.17. The molecule has 0 aromatic heterocycles. The van der Waals surface area contributed by atoms with Gasteiger partial charge in [0.2, 0.25) is 15.9 Å². The molecule has 2 rings (SSSR count). The molecule has 2 aromatic carbocycles. The number of benzene rings is 2. The fourth-order valence-electron chi connectivity index (χ4n) is 2.65. The Bertz CT molecular complexity index is 986. The number of methoxy groups -OCH3 is 1. The van der Waals surface area contributed by atoms with Gasteiger partial charge in [-0.1, -0.05) is 30.1 Å². The van der Waals surface area contributed by atoms with Crippen LogP contribution in [0.1, 0.15) is 13.3 Å². The Morgan fingerprint density at radius 2 is 1.89 bits per heavy atom. The molecule has 1 N–H and O–H groups in total. The molecule has 0 radical (unpaired) electrons. The Hall–Kier alpha value is -2.03. The summed E-state index contributed by atoms with van der Waals surface area (Å²) in [6, 6.07) is 7.04. The predicted octanol–water partition coefficient (Wildman–Crippen LogP) is 4.32. The van der Waals surface area contributed by atoms with E-state index in [9.17, 15) is 17.6 Å². The number of carbonyl (C=O) groups is 1. The zero-order chi connectivity index (χ0) is 21.1. The lowest BCUT2D eigenvalue weighted by Gasteiger charge is -2.30. The van der Waals surface area contributed by atoms with Crippen molar-refractivity contribution in [2.75, 3.05) is 23.0 Å². The van der Waals surface area contributed by atoms with E-state index in [1.807, 2.05) is 0 Å². The summed E-state index contributed by atoms with van der Waals surface area (Å²) in [4.78, 5) is 12.8. The van der Waals surface area contributed by atoms with Gasteiger partial charge in [-0.15, -0.1) is 0 Å². The van der Waals surface area contributed by atoms with E-state index in [1.165, 1.54) is 37.4 Å². The third-order valence-corrected chi connectivity index (χ3v) is 5.67. The number of anilines is 2. The van der Waals surface area contributed by atoms with E-state index in [-0.39, 0.29) is 27.8 Å². The molecule has 6 nitrogen and oxygen atoms in total. The van der Waals surface area contributed by atoms with Crippen molar-refractivity contribution in [3.05, 3.63) is 52.3 Å². The first-order valence-electron chi connectivity index (χ1n) is 8.17. The van der Waals surface area contributed by atoms with Crippen LogP contribution in [0.2, 0.25) is 10.0 Å². The van der Waals surface area contributed by atoms with E-state index in [0.717, 1.165) is 16.6 Å². The molecule has 28 heavy (non-hydrogen) atoms. The maximum atomic E-state index is 13.3. The van der Waals surface area contributed by atoms with Crippen molar-refractivity contribution in [3.8, 4) is 5.75 Å². The molecule has 0 aliphatic carbocycles. The van der Waals surface area contributed by atoms with Crippen LogP contribution in [-0.2, 0) is 14.8 Å². The second-order valence-corrected chi connectivity index (χ2v) is 8.59. The van der Waals surface area contributed by atoms with E-state index in [1.54, 1.807) is 6.92 Å². The molecule has 2 aromatic rings. The van der Waals surface area contributed by atoms with Gasteiger partial charge in [0.1, 0.15) is 17.6 Å². The zero-order valence-corrected chi connectivity index (χ0v) is 17.7. The molecule has 1 atom stereocenters. The third kappa shape index (κ3) is 5.06. The summed E-state index contributed by atoms with van der Waals surface area (Å²) in [5.74, 6) is -0.850. The SMILES string of the molecule is CCC(C(=O)Nc1ccc(F)c(Cl)c1)N(c1ccc(OC)c(Cl)c1)S(C)(=O)=O. The van der Waals surface area contributed by atoms with Crippen LogP contribution in [0, 0.1) is 5.82 Å². The Morgan fingerprint density at radius 1 is 1.21 bits per heavy atom. The van der Waals surface area contributed by atoms with Gasteiger partial charge in [0.25, 0.3) is 0 Å². The zero-order valence-electron chi connectivity index (χ0n) is 15.4. The topological polar surface area (TPSA) is 75.7 Å². The van der Waals surface area contributed by atoms with Gasteiger partial charge in [0.15, 0.2) is 0 Å². The normalized spacial score (nSPS) is 12.4. The molecule has 0 bridgehead atoms. The van der Waals surface area contributed by atoms with E-state index in [4.69, 9.17) is 27.9 Å². The maximum absolute atomic E-state index is 13.3. The summed E-state index contributed by atoms with van der Waals surface area (Å²) < 4.78 is 44.3. The number of nitrogens with zero attached hydrogens (tertiary/aromatic N) is 1. The summed E-state index contributed by atoms with van der Waals surface area (Å²) in [5.41, 5.74) is 0.462. The van der Waals surface area contributed by atoms with E-state index < -0.39 is 27.8 Å². The molecule has 0 aliphatic heterocycles. The van der Waals surface area contributed by atoms with Gasteiger partial charge in [-0.05, 0) is 42.8 Å². The van der Waals surface area contributed by atoms with Crippen LogP contribution < -0.4 is 14.4 Å². The van der Waals surface area contributed by atoms with Crippen molar-refractivity contribution >= 4 is 50.5 Å². The van der Waals surface area contributed by atoms with Gasteiger partial charge in [-0.25, -0.2) is 12.8 Å². The van der Waals surface area contributed by atoms with Crippen LogP contribution in [0.4, 0.5) is 15.8 Å². The van der Waals surface area contributed by atoms with E-state index in [0.29, 0.717) is 5.75 Å². The number of ether oxygens (including phenoxy) is 1. The Balaban J connectivity index is 2.41. The molecule has 0 fully saturated rings. The highest BCUT2D eigenvalue weighted by atomic mass is 35.5. The van der Waals surface area contributed by atoms with Crippen molar-refractivity contribution in [3.63, 3.8) is 0 Å². The lowest BCUT2D eigenvalue weighted by molar-refractivity contribution is -0.117. The monoisotopic (exact) mass is 448 g/mol. The number of rotatable bonds is 7. The fourth-order valence-corrected chi connectivity index (χ4v) is 4.29. The number of amides is 1. The highest BCUT2D eigenvalue weighted by Crippen LogP contribution is 2.32. The van der Waals surface area contributed by atoms with Crippen LogP contribution in [0.15, 0.2) is 36.4 Å². The molecule has 0 saturated heterocycles. The molecular formula is C18H19Cl2FN2O4S. The van der Waals surface area contributed by atoms with Crippen LogP contribution in [-0.4, -0.2) is 33.7 Å². The second-order valence-electron chi connectivity index (χ2n) is 5.92. The van der Waals surface area contributed by atoms with Crippen molar-refractivity contribution in [1.82, 2.24) is 0 Å². The van der Waals surface area contributed by atoms with Gasteiger partial charge >= 0.3 is 0 Å². The number of hydrogen-bond acceptors (Lipinski definition) is 4. The van der Waals surface area contributed by atoms with Crippen LogP contribution in [0.5, 0.6) is 5.75 Å². The second kappa shape index (κ2) is 8.98. The van der Waals surface area contributed by atoms with E-state index >= 15 is 0 Å². The Morgan fingerprint density at radius 3 is 2.39 bits per heavy atom. The predicted molar refractivity (Wildman–Crippen MR) is 109 cm³/mol. The van der Waals surface area contributed by atoms with Crippen LogP contribution in [0.25, 0.3) is 0 Å². The summed E-state index contributed by atoms with van der Waals surface area (Å²) in [5, 5.41) is 2.61. The summed E-state index contributed by atoms with van der Waals surface area (Å²) >= 11 is 11.8. The number of carbonyl (C=O) groups excluding carboxylic acids is 1. The number of nitrogens with one attached hydrogen (secondary N) is 1. The molecule has 1 amide bonds.